The van der Waals surface area contributed by atoms with E-state index < -0.39 is 0 Å². The van der Waals surface area contributed by atoms with Crippen LogP contribution >= 0.6 is 0 Å². The molecule has 1 aromatic heterocycles. The predicted molar refractivity (Wildman–Crippen MR) is 78.4 cm³/mol. The molecule has 2 fully saturated rings. The summed E-state index contributed by atoms with van der Waals surface area (Å²) in [5.41, 5.74) is 2.58. The third kappa shape index (κ3) is 2.50. The zero-order chi connectivity index (χ0) is 13.6. The average molecular weight is 262 g/mol. The van der Waals surface area contributed by atoms with Crippen LogP contribution < -0.4 is 10.2 Å². The van der Waals surface area contributed by atoms with Gasteiger partial charge in [-0.25, -0.2) is 0 Å². The van der Waals surface area contributed by atoms with Crippen LogP contribution in [0.15, 0.2) is 0 Å². The number of hydrogen-bond acceptors (Lipinski definition) is 3. The Bertz CT molecular complexity index is 461. The molecule has 106 valence electrons. The Morgan fingerprint density at radius 2 is 2.05 bits per heavy atom. The third-order valence-corrected chi connectivity index (χ3v) is 4.51. The molecule has 0 amide bonds. The van der Waals surface area contributed by atoms with E-state index in [0.717, 1.165) is 25.0 Å². The van der Waals surface area contributed by atoms with Crippen LogP contribution in [-0.2, 0) is 13.6 Å². The summed E-state index contributed by atoms with van der Waals surface area (Å²) in [5.74, 6) is 2.12. The Balaban J connectivity index is 1.85. The van der Waals surface area contributed by atoms with Gasteiger partial charge in [0.2, 0.25) is 0 Å². The number of aromatic nitrogens is 2. The fraction of sp³-hybridized carbons (Fsp3) is 0.800. The summed E-state index contributed by atoms with van der Waals surface area (Å²) in [7, 11) is 2.08. The van der Waals surface area contributed by atoms with Gasteiger partial charge in [-0.3, -0.25) is 4.68 Å². The lowest BCUT2D eigenvalue weighted by Crippen LogP contribution is -2.30. The van der Waals surface area contributed by atoms with E-state index in [2.05, 4.69) is 47.8 Å². The van der Waals surface area contributed by atoms with Gasteiger partial charge in [0.05, 0.1) is 5.69 Å². The maximum atomic E-state index is 4.65. The molecular formula is C15H26N4. The summed E-state index contributed by atoms with van der Waals surface area (Å²) in [6, 6.07) is 1.38. The molecular weight excluding hydrogens is 236 g/mol. The van der Waals surface area contributed by atoms with Gasteiger partial charge in [-0.15, -0.1) is 0 Å². The third-order valence-electron chi connectivity index (χ3n) is 4.51. The van der Waals surface area contributed by atoms with Crippen LogP contribution in [0.4, 0.5) is 5.82 Å². The van der Waals surface area contributed by atoms with Crippen LogP contribution in [0.3, 0.4) is 0 Å². The normalized spacial score (nSPS) is 27.3. The standard InChI is InChI=1S/C15H26N4/c1-10-7-11(2)19(9-10)15-14(8-16-13-5-6-13)12(3)17-18(15)4/h10-11,13,16H,5-9H2,1-4H3. The number of anilines is 1. The quantitative estimate of drug-likeness (QED) is 0.903. The Morgan fingerprint density at radius 1 is 1.32 bits per heavy atom. The molecule has 1 aliphatic carbocycles. The zero-order valence-electron chi connectivity index (χ0n) is 12.6. The molecule has 1 aliphatic heterocycles. The molecule has 0 bridgehead atoms. The fourth-order valence-electron chi connectivity index (χ4n) is 3.38. The van der Waals surface area contributed by atoms with Crippen molar-refractivity contribution in [3.05, 3.63) is 11.3 Å². The summed E-state index contributed by atoms with van der Waals surface area (Å²) in [6.07, 6.45) is 3.97. The van der Waals surface area contributed by atoms with E-state index >= 15 is 0 Å². The van der Waals surface area contributed by atoms with Crippen molar-refractivity contribution < 1.29 is 0 Å². The highest BCUT2D eigenvalue weighted by Gasteiger charge is 2.31. The minimum absolute atomic E-state index is 0.629. The van der Waals surface area contributed by atoms with Gasteiger partial charge in [-0.2, -0.15) is 5.10 Å². The lowest BCUT2D eigenvalue weighted by Gasteiger charge is -2.25. The van der Waals surface area contributed by atoms with E-state index in [1.54, 1.807) is 0 Å². The van der Waals surface area contributed by atoms with E-state index in [9.17, 15) is 0 Å². The smallest absolute Gasteiger partial charge is 0.131 e. The van der Waals surface area contributed by atoms with Crippen LogP contribution in [0.25, 0.3) is 0 Å². The summed E-state index contributed by atoms with van der Waals surface area (Å²) in [4.78, 5) is 2.55. The number of nitrogens with one attached hydrogen (secondary N) is 1. The van der Waals surface area contributed by atoms with Gasteiger partial charge in [0.15, 0.2) is 0 Å². The highest BCUT2D eigenvalue weighted by atomic mass is 15.4. The Hall–Kier alpha value is -1.03. The molecule has 1 aromatic rings. The first-order valence-corrected chi connectivity index (χ1v) is 7.58. The van der Waals surface area contributed by atoms with Crippen molar-refractivity contribution in [1.82, 2.24) is 15.1 Å². The minimum atomic E-state index is 0.629. The van der Waals surface area contributed by atoms with Gasteiger partial charge in [0, 0.05) is 37.8 Å². The van der Waals surface area contributed by atoms with Crippen LogP contribution in [0, 0.1) is 12.8 Å². The van der Waals surface area contributed by atoms with E-state index in [0.29, 0.717) is 6.04 Å². The number of nitrogens with zero attached hydrogens (tertiary/aromatic N) is 3. The van der Waals surface area contributed by atoms with Gasteiger partial charge in [-0.05, 0) is 39.0 Å². The SMILES string of the molecule is Cc1nn(C)c(N2CC(C)CC2C)c1CNC1CC1. The monoisotopic (exact) mass is 262 g/mol. The number of hydrogen-bond donors (Lipinski definition) is 1. The molecule has 2 unspecified atom stereocenters. The summed E-state index contributed by atoms with van der Waals surface area (Å²) in [6.45, 7) is 8.96. The van der Waals surface area contributed by atoms with Crippen LogP contribution in [0.1, 0.15) is 44.4 Å². The first-order valence-electron chi connectivity index (χ1n) is 7.58. The minimum Gasteiger partial charge on any atom is -0.354 e. The maximum absolute atomic E-state index is 4.65. The summed E-state index contributed by atoms with van der Waals surface area (Å²) in [5, 5.41) is 8.29. The van der Waals surface area contributed by atoms with Gasteiger partial charge < -0.3 is 10.2 Å². The summed E-state index contributed by atoms with van der Waals surface area (Å²) < 4.78 is 2.08. The second-order valence-corrected chi connectivity index (χ2v) is 6.51. The molecule has 2 atom stereocenters. The van der Waals surface area contributed by atoms with Crippen molar-refractivity contribution in [2.24, 2.45) is 13.0 Å². The molecule has 2 heterocycles. The van der Waals surface area contributed by atoms with Crippen molar-refractivity contribution in [2.75, 3.05) is 11.4 Å². The molecule has 4 nitrogen and oxygen atoms in total. The molecule has 1 N–H and O–H groups in total. The number of rotatable bonds is 4. The van der Waals surface area contributed by atoms with Gasteiger partial charge in [-0.1, -0.05) is 6.92 Å². The van der Waals surface area contributed by atoms with Crippen molar-refractivity contribution >= 4 is 5.82 Å². The van der Waals surface area contributed by atoms with E-state index in [-0.39, 0.29) is 0 Å². The fourth-order valence-corrected chi connectivity index (χ4v) is 3.38. The van der Waals surface area contributed by atoms with Crippen molar-refractivity contribution in [3.63, 3.8) is 0 Å². The van der Waals surface area contributed by atoms with Gasteiger partial charge in [0.1, 0.15) is 5.82 Å². The Morgan fingerprint density at radius 3 is 2.63 bits per heavy atom. The molecule has 1 saturated heterocycles. The van der Waals surface area contributed by atoms with Crippen LogP contribution in [-0.4, -0.2) is 28.4 Å². The zero-order valence-corrected chi connectivity index (χ0v) is 12.6. The highest BCUT2D eigenvalue weighted by molar-refractivity contribution is 5.52. The molecule has 1 saturated carbocycles. The maximum Gasteiger partial charge on any atom is 0.131 e. The van der Waals surface area contributed by atoms with E-state index in [1.165, 1.54) is 36.3 Å². The van der Waals surface area contributed by atoms with E-state index in [1.807, 2.05) is 0 Å². The molecule has 0 radical (unpaired) electrons. The van der Waals surface area contributed by atoms with Crippen molar-refractivity contribution in [1.29, 1.82) is 0 Å². The Labute approximate surface area is 116 Å². The molecule has 0 aromatic carbocycles. The van der Waals surface area contributed by atoms with Gasteiger partial charge in [0.25, 0.3) is 0 Å². The van der Waals surface area contributed by atoms with E-state index in [4.69, 9.17) is 0 Å². The summed E-state index contributed by atoms with van der Waals surface area (Å²) >= 11 is 0. The van der Waals surface area contributed by atoms with Crippen molar-refractivity contribution in [3.8, 4) is 0 Å². The predicted octanol–water partition coefficient (Wildman–Crippen LogP) is 2.22. The second kappa shape index (κ2) is 4.82. The average Bonchev–Trinajstić information content (AvgIpc) is 3.04. The topological polar surface area (TPSA) is 33.1 Å². The second-order valence-electron chi connectivity index (χ2n) is 6.51. The van der Waals surface area contributed by atoms with Crippen molar-refractivity contribution in [2.45, 2.75) is 58.7 Å². The largest absolute Gasteiger partial charge is 0.354 e. The molecule has 2 aliphatic rings. The number of aryl methyl sites for hydroxylation is 2. The molecule has 3 rings (SSSR count). The lowest BCUT2D eigenvalue weighted by molar-refractivity contribution is 0.624. The molecule has 4 heteroatoms. The van der Waals surface area contributed by atoms with Crippen LogP contribution in [0.5, 0.6) is 0 Å². The molecule has 0 spiro atoms. The lowest BCUT2D eigenvalue weighted by atomic mass is 10.1. The highest BCUT2D eigenvalue weighted by Crippen LogP contribution is 2.32. The first kappa shape index (κ1) is 13.0. The van der Waals surface area contributed by atoms with Crippen LogP contribution in [0.2, 0.25) is 0 Å². The first-order chi connectivity index (χ1) is 9.06. The van der Waals surface area contributed by atoms with Gasteiger partial charge >= 0.3 is 0 Å². The molecule has 19 heavy (non-hydrogen) atoms. The Kier molecular flexibility index (Phi) is 3.29.